The summed E-state index contributed by atoms with van der Waals surface area (Å²) < 4.78 is 5.37. The lowest BCUT2D eigenvalue weighted by Crippen LogP contribution is -2.18. The lowest BCUT2D eigenvalue weighted by molar-refractivity contribution is 0.474. The largest absolute Gasteiger partial charge is 0.508 e. The minimum atomic E-state index is -0.112. The summed E-state index contributed by atoms with van der Waals surface area (Å²) in [5.74, 6) is 0.296. The van der Waals surface area contributed by atoms with Gasteiger partial charge in [0.05, 0.1) is 6.26 Å². The quantitative estimate of drug-likeness (QED) is 0.730. The van der Waals surface area contributed by atoms with Crippen LogP contribution in [0.3, 0.4) is 0 Å². The van der Waals surface area contributed by atoms with Gasteiger partial charge < -0.3 is 9.52 Å². The number of aromatic hydroxyl groups is 1. The Morgan fingerprint density at radius 3 is 2.32 bits per heavy atom. The van der Waals surface area contributed by atoms with Crippen molar-refractivity contribution in [2.45, 2.75) is 19.3 Å². The van der Waals surface area contributed by atoms with E-state index in [9.17, 15) is 5.11 Å². The first-order chi connectivity index (χ1) is 9.07. The molecule has 0 aliphatic heterocycles. The molecule has 19 heavy (non-hydrogen) atoms. The maximum absolute atomic E-state index is 9.39. The van der Waals surface area contributed by atoms with Gasteiger partial charge in [0.15, 0.2) is 0 Å². The van der Waals surface area contributed by atoms with Crippen molar-refractivity contribution in [3.8, 4) is 5.75 Å². The summed E-state index contributed by atoms with van der Waals surface area (Å²) in [6, 6.07) is 15.6. The molecule has 0 aliphatic rings. The van der Waals surface area contributed by atoms with Gasteiger partial charge in [-0.25, -0.2) is 0 Å². The monoisotopic (exact) mass is 252 g/mol. The molecule has 0 unspecified atom stereocenters. The van der Waals surface area contributed by atoms with Crippen molar-refractivity contribution >= 4 is 11.0 Å². The molecule has 2 aromatic carbocycles. The molecule has 1 heterocycles. The second-order valence-corrected chi connectivity index (χ2v) is 5.35. The molecular formula is C17H16O2. The summed E-state index contributed by atoms with van der Waals surface area (Å²) in [6.45, 7) is 4.36. The molecule has 0 atom stereocenters. The van der Waals surface area contributed by atoms with Crippen molar-refractivity contribution in [1.82, 2.24) is 0 Å². The maximum Gasteiger partial charge on any atom is 0.133 e. The molecule has 2 heteroatoms. The molecule has 3 rings (SSSR count). The molecule has 0 fully saturated rings. The Morgan fingerprint density at radius 1 is 0.895 bits per heavy atom. The molecule has 1 aromatic heterocycles. The fourth-order valence-electron chi connectivity index (χ4n) is 2.40. The predicted molar refractivity (Wildman–Crippen MR) is 76.4 cm³/mol. The zero-order valence-corrected chi connectivity index (χ0v) is 11.1. The standard InChI is InChI=1S/C17H16O2/c1-17(2,13-3-6-15(18)7-4-13)14-5-8-16-12(11-14)9-10-19-16/h3-11,18H,1-2H3. The summed E-state index contributed by atoms with van der Waals surface area (Å²) in [5.41, 5.74) is 3.20. The van der Waals surface area contributed by atoms with Crippen LogP contribution >= 0.6 is 0 Å². The molecular weight excluding hydrogens is 236 g/mol. The van der Waals surface area contributed by atoms with Gasteiger partial charge in [-0.3, -0.25) is 0 Å². The highest BCUT2D eigenvalue weighted by Crippen LogP contribution is 2.34. The summed E-state index contributed by atoms with van der Waals surface area (Å²) in [6.07, 6.45) is 1.71. The molecule has 0 spiro atoms. The van der Waals surface area contributed by atoms with Crippen LogP contribution in [0, 0.1) is 0 Å². The third kappa shape index (κ3) is 1.99. The molecule has 96 valence electrons. The minimum Gasteiger partial charge on any atom is -0.508 e. The van der Waals surface area contributed by atoms with Gasteiger partial charge in [-0.1, -0.05) is 32.0 Å². The van der Waals surface area contributed by atoms with Gasteiger partial charge in [-0.2, -0.15) is 0 Å². The van der Waals surface area contributed by atoms with E-state index in [1.54, 1.807) is 18.4 Å². The Hall–Kier alpha value is -2.22. The van der Waals surface area contributed by atoms with E-state index >= 15 is 0 Å². The van der Waals surface area contributed by atoms with Gasteiger partial charge >= 0.3 is 0 Å². The highest BCUT2D eigenvalue weighted by molar-refractivity contribution is 5.78. The third-order valence-corrected chi connectivity index (χ3v) is 3.76. The van der Waals surface area contributed by atoms with Crippen LogP contribution in [0.15, 0.2) is 59.2 Å². The number of benzene rings is 2. The van der Waals surface area contributed by atoms with Crippen LogP contribution in [0.25, 0.3) is 11.0 Å². The van der Waals surface area contributed by atoms with Crippen LogP contribution in [0.4, 0.5) is 0 Å². The summed E-state index contributed by atoms with van der Waals surface area (Å²) in [7, 11) is 0. The van der Waals surface area contributed by atoms with Crippen LogP contribution < -0.4 is 0 Å². The molecule has 0 aliphatic carbocycles. The Morgan fingerprint density at radius 2 is 1.58 bits per heavy atom. The fraction of sp³-hybridized carbons (Fsp3) is 0.176. The molecule has 0 bridgehead atoms. The highest BCUT2D eigenvalue weighted by Gasteiger charge is 2.23. The van der Waals surface area contributed by atoms with Crippen molar-refractivity contribution in [2.24, 2.45) is 0 Å². The maximum atomic E-state index is 9.39. The highest BCUT2D eigenvalue weighted by atomic mass is 16.3. The minimum absolute atomic E-state index is 0.112. The van der Waals surface area contributed by atoms with E-state index in [1.807, 2.05) is 24.3 Å². The molecule has 0 saturated carbocycles. The van der Waals surface area contributed by atoms with Gasteiger partial charge in [0.25, 0.3) is 0 Å². The summed E-state index contributed by atoms with van der Waals surface area (Å²) in [4.78, 5) is 0. The molecule has 1 N–H and O–H groups in total. The lowest BCUT2D eigenvalue weighted by Gasteiger charge is -2.26. The van der Waals surface area contributed by atoms with Crippen molar-refractivity contribution in [2.75, 3.05) is 0 Å². The average Bonchev–Trinajstić information content (AvgIpc) is 2.86. The van der Waals surface area contributed by atoms with E-state index in [2.05, 4.69) is 26.0 Å². The molecule has 0 amide bonds. The topological polar surface area (TPSA) is 33.4 Å². The van der Waals surface area contributed by atoms with Crippen molar-refractivity contribution in [1.29, 1.82) is 0 Å². The number of phenols is 1. The van der Waals surface area contributed by atoms with Gasteiger partial charge in [0.2, 0.25) is 0 Å². The van der Waals surface area contributed by atoms with Gasteiger partial charge in [0.1, 0.15) is 11.3 Å². The van der Waals surface area contributed by atoms with E-state index in [4.69, 9.17) is 4.42 Å². The fourth-order valence-corrected chi connectivity index (χ4v) is 2.40. The van der Waals surface area contributed by atoms with Gasteiger partial charge in [-0.05, 0) is 41.5 Å². The third-order valence-electron chi connectivity index (χ3n) is 3.76. The molecule has 3 aromatic rings. The Balaban J connectivity index is 2.09. The predicted octanol–water partition coefficient (Wildman–Crippen LogP) is 4.46. The number of rotatable bonds is 2. The van der Waals surface area contributed by atoms with E-state index < -0.39 is 0 Å². The number of hydrogen-bond donors (Lipinski definition) is 1. The SMILES string of the molecule is CC(C)(c1ccc(O)cc1)c1ccc2occc2c1. The number of hydrogen-bond acceptors (Lipinski definition) is 2. The van der Waals surface area contributed by atoms with E-state index in [1.165, 1.54) is 11.1 Å². The summed E-state index contributed by atoms with van der Waals surface area (Å²) >= 11 is 0. The van der Waals surface area contributed by atoms with E-state index in [0.29, 0.717) is 5.75 Å². The zero-order chi connectivity index (χ0) is 13.5. The smallest absolute Gasteiger partial charge is 0.133 e. The van der Waals surface area contributed by atoms with Crippen LogP contribution in [-0.4, -0.2) is 5.11 Å². The average molecular weight is 252 g/mol. The van der Waals surface area contributed by atoms with Crippen LogP contribution in [0.5, 0.6) is 5.75 Å². The number of phenolic OH excluding ortho intramolecular Hbond substituents is 1. The van der Waals surface area contributed by atoms with Gasteiger partial charge in [0, 0.05) is 10.8 Å². The number of fused-ring (bicyclic) bond motifs is 1. The van der Waals surface area contributed by atoms with Crippen molar-refractivity contribution in [3.63, 3.8) is 0 Å². The number of furan rings is 1. The van der Waals surface area contributed by atoms with Crippen molar-refractivity contribution in [3.05, 3.63) is 65.9 Å². The van der Waals surface area contributed by atoms with Crippen LogP contribution in [0.1, 0.15) is 25.0 Å². The lowest BCUT2D eigenvalue weighted by atomic mass is 9.78. The first-order valence-corrected chi connectivity index (χ1v) is 6.34. The first-order valence-electron chi connectivity index (χ1n) is 6.34. The summed E-state index contributed by atoms with van der Waals surface area (Å²) in [5, 5.41) is 10.5. The normalized spacial score (nSPS) is 11.9. The van der Waals surface area contributed by atoms with Crippen LogP contribution in [-0.2, 0) is 5.41 Å². The van der Waals surface area contributed by atoms with Gasteiger partial charge in [-0.15, -0.1) is 0 Å². The van der Waals surface area contributed by atoms with E-state index in [0.717, 1.165) is 11.0 Å². The zero-order valence-electron chi connectivity index (χ0n) is 11.1. The first kappa shape index (κ1) is 11.8. The molecule has 0 radical (unpaired) electrons. The second-order valence-electron chi connectivity index (χ2n) is 5.35. The van der Waals surface area contributed by atoms with Crippen molar-refractivity contribution < 1.29 is 9.52 Å². The Bertz CT molecular complexity index is 705. The Kier molecular flexibility index (Phi) is 2.59. The second kappa shape index (κ2) is 4.16. The molecule has 2 nitrogen and oxygen atoms in total. The van der Waals surface area contributed by atoms with Crippen LogP contribution in [0.2, 0.25) is 0 Å². The molecule has 0 saturated heterocycles. The Labute approximate surface area is 112 Å². The van der Waals surface area contributed by atoms with E-state index in [-0.39, 0.29) is 5.41 Å².